The first-order valence-corrected chi connectivity index (χ1v) is 16.4. The van der Waals surface area contributed by atoms with E-state index in [2.05, 4.69) is 18.3 Å². The van der Waals surface area contributed by atoms with E-state index in [0.29, 0.717) is 5.92 Å². The lowest BCUT2D eigenvalue weighted by Crippen LogP contribution is -2.64. The summed E-state index contributed by atoms with van der Waals surface area (Å²) in [5, 5.41) is 28.4. The van der Waals surface area contributed by atoms with Crippen LogP contribution in [0.5, 0.6) is 0 Å². The molecule has 5 unspecified atom stereocenters. The van der Waals surface area contributed by atoms with E-state index in [4.69, 9.17) is 14.2 Å². The molecule has 1 amide bonds. The minimum Gasteiger partial charge on any atom is -0.456 e. The monoisotopic (exact) mass is 631 g/mol. The molecule has 9 heteroatoms. The van der Waals surface area contributed by atoms with Gasteiger partial charge in [-0.1, -0.05) is 74.5 Å². The fraction of sp³-hybridized carbons (Fsp3) is 0.541. The number of aliphatic hydroxyl groups is 2. The number of hydrogen-bond acceptors (Lipinski definition) is 8. The summed E-state index contributed by atoms with van der Waals surface area (Å²) in [6.45, 7) is 7.51. The van der Waals surface area contributed by atoms with Gasteiger partial charge in [0.15, 0.2) is 6.10 Å². The molecule has 0 bridgehead atoms. The van der Waals surface area contributed by atoms with Crippen LogP contribution in [0.3, 0.4) is 0 Å². The second-order valence-corrected chi connectivity index (χ2v) is 13.9. The van der Waals surface area contributed by atoms with Crippen molar-refractivity contribution in [1.82, 2.24) is 5.32 Å². The van der Waals surface area contributed by atoms with Crippen molar-refractivity contribution in [3.63, 3.8) is 0 Å². The van der Waals surface area contributed by atoms with E-state index in [1.165, 1.54) is 7.11 Å². The zero-order valence-corrected chi connectivity index (χ0v) is 27.1. The van der Waals surface area contributed by atoms with Gasteiger partial charge in [-0.15, -0.1) is 0 Å². The third kappa shape index (κ3) is 5.46. The van der Waals surface area contributed by atoms with Crippen LogP contribution in [0.15, 0.2) is 66.3 Å². The van der Waals surface area contributed by atoms with Crippen LogP contribution in [-0.2, 0) is 35.1 Å². The average Bonchev–Trinajstić information content (AvgIpc) is 3.27. The maximum absolute atomic E-state index is 13.5. The molecule has 1 aliphatic heterocycles. The number of benzene rings is 2. The first-order valence-electron chi connectivity index (χ1n) is 16.4. The number of methoxy groups -OCH3 is 1. The van der Waals surface area contributed by atoms with Crippen molar-refractivity contribution in [2.75, 3.05) is 7.11 Å². The first kappa shape index (κ1) is 32.4. The Kier molecular flexibility index (Phi) is 8.87. The van der Waals surface area contributed by atoms with Gasteiger partial charge in [-0.25, -0.2) is 9.59 Å². The molecule has 0 aromatic heterocycles. The number of nitrogens with one attached hydrogen (secondary N) is 1. The Morgan fingerprint density at radius 1 is 1.11 bits per heavy atom. The predicted molar refractivity (Wildman–Crippen MR) is 171 cm³/mol. The van der Waals surface area contributed by atoms with Crippen molar-refractivity contribution in [3.8, 4) is 0 Å². The summed E-state index contributed by atoms with van der Waals surface area (Å²) >= 11 is 0. The first-order chi connectivity index (χ1) is 21.9. The van der Waals surface area contributed by atoms with Crippen LogP contribution in [0.4, 0.5) is 0 Å². The Morgan fingerprint density at radius 2 is 1.85 bits per heavy atom. The van der Waals surface area contributed by atoms with Crippen molar-refractivity contribution in [2.45, 2.75) is 77.1 Å². The maximum Gasteiger partial charge on any atom is 0.397 e. The predicted octanol–water partition coefficient (Wildman–Crippen LogP) is 4.10. The van der Waals surface area contributed by atoms with Crippen LogP contribution >= 0.6 is 0 Å². The summed E-state index contributed by atoms with van der Waals surface area (Å²) in [6.07, 6.45) is 3.76. The van der Waals surface area contributed by atoms with Gasteiger partial charge in [-0.2, -0.15) is 0 Å². The molecule has 6 rings (SSSR count). The van der Waals surface area contributed by atoms with Gasteiger partial charge >= 0.3 is 17.8 Å². The number of carbonyl (C=O) groups excluding carboxylic acids is 3. The zero-order chi connectivity index (χ0) is 32.9. The van der Waals surface area contributed by atoms with Gasteiger partial charge in [0.05, 0.1) is 11.7 Å². The second-order valence-electron chi connectivity index (χ2n) is 13.9. The molecule has 0 radical (unpaired) electrons. The zero-order valence-electron chi connectivity index (χ0n) is 27.1. The number of ether oxygens (including phenoxy) is 3. The number of rotatable bonds is 5. The van der Waals surface area contributed by atoms with Gasteiger partial charge < -0.3 is 29.7 Å². The van der Waals surface area contributed by atoms with Gasteiger partial charge in [0, 0.05) is 31.4 Å². The van der Waals surface area contributed by atoms with Crippen LogP contribution in [0, 0.1) is 41.4 Å². The maximum atomic E-state index is 13.5. The van der Waals surface area contributed by atoms with Crippen LogP contribution < -0.4 is 5.32 Å². The smallest absolute Gasteiger partial charge is 0.397 e. The summed E-state index contributed by atoms with van der Waals surface area (Å²) < 4.78 is 17.1. The van der Waals surface area contributed by atoms with E-state index in [0.717, 1.165) is 28.3 Å². The van der Waals surface area contributed by atoms with Gasteiger partial charge in [0.25, 0.3) is 0 Å². The number of allylic oxidation sites excluding steroid dienone is 1. The lowest BCUT2D eigenvalue weighted by atomic mass is 9.46. The van der Waals surface area contributed by atoms with E-state index < -0.39 is 59.7 Å². The molecular formula is C37H45NO8. The lowest BCUT2D eigenvalue weighted by molar-refractivity contribution is -0.185. The fourth-order valence-corrected chi connectivity index (χ4v) is 8.91. The number of cyclic esters (lactones) is 1. The number of amides is 1. The normalized spacial score (nSPS) is 38.6. The Bertz CT molecular complexity index is 1560. The third-order valence-corrected chi connectivity index (χ3v) is 11.3. The van der Waals surface area contributed by atoms with Crippen LogP contribution in [0.1, 0.15) is 46.1 Å². The molecule has 3 N–H and O–H groups in total. The number of esters is 2. The standard InChI is InChI=1S/C37H45NO8/c1-19-16-28-27-14-13-25-17-29(44-5)35(41)46-33(20(2)15-21(3)37(25,43)31(27)30(28)32(19)39)22(4)45-36(42)34(40)38-18-24-11-8-10-23-9-6-7-12-26(23)24/h6-15,19-20,22,25,27-33,39,43H,16-18H2,1-5H3,(H,38,40)/b21-15+/t19-,20+,22+,25?,27?,28-,29-,30?,31?,32+,33?,37-/m0/s1. The van der Waals surface area contributed by atoms with Gasteiger partial charge in [-0.05, 0) is 72.3 Å². The van der Waals surface area contributed by atoms with Crippen LogP contribution in [0.25, 0.3) is 10.8 Å². The lowest BCUT2D eigenvalue weighted by Gasteiger charge is -2.60. The number of hydrogen-bond donors (Lipinski definition) is 3. The van der Waals surface area contributed by atoms with Crippen molar-refractivity contribution in [1.29, 1.82) is 0 Å². The highest BCUT2D eigenvalue weighted by atomic mass is 16.6. The minimum absolute atomic E-state index is 0.0324. The number of fused-ring (bicyclic) bond motifs is 7. The van der Waals surface area contributed by atoms with Crippen molar-refractivity contribution < 1.29 is 38.8 Å². The summed E-state index contributed by atoms with van der Waals surface area (Å²) in [5.41, 5.74) is 0.278. The van der Waals surface area contributed by atoms with Crippen LogP contribution in [-0.4, -0.2) is 65.2 Å². The summed E-state index contributed by atoms with van der Waals surface area (Å²) in [6, 6.07) is 13.5. The Labute approximate surface area is 270 Å². The number of carbonyl (C=O) groups is 3. The largest absolute Gasteiger partial charge is 0.456 e. The molecule has 4 aliphatic rings. The topological polar surface area (TPSA) is 131 Å². The minimum atomic E-state index is -1.31. The molecule has 1 heterocycles. The summed E-state index contributed by atoms with van der Waals surface area (Å²) in [7, 11) is 1.43. The molecule has 46 heavy (non-hydrogen) atoms. The van der Waals surface area contributed by atoms with Gasteiger partial charge in [-0.3, -0.25) is 4.79 Å². The van der Waals surface area contributed by atoms with Crippen LogP contribution in [0.2, 0.25) is 0 Å². The molecule has 3 aliphatic carbocycles. The fourth-order valence-electron chi connectivity index (χ4n) is 8.91. The highest BCUT2D eigenvalue weighted by Crippen LogP contribution is 2.65. The highest BCUT2D eigenvalue weighted by Gasteiger charge is 2.67. The third-order valence-electron chi connectivity index (χ3n) is 11.3. The SMILES string of the molecule is CO[C@H]1CC2C=CC3C(C4[C@H]3C[C@H](C)[C@H]4O)[C@]2(O)/C(C)=C/[C@@H](C)C([C@@H](C)OC(=O)C(=O)NCc2cccc3ccccc23)OC1=O. The van der Waals surface area contributed by atoms with Gasteiger partial charge in [0.1, 0.15) is 12.2 Å². The molecule has 0 saturated heterocycles. The number of aliphatic hydroxyl groups excluding tert-OH is 1. The molecule has 246 valence electrons. The summed E-state index contributed by atoms with van der Waals surface area (Å²) in [5.74, 6) is -3.13. The van der Waals surface area contributed by atoms with E-state index >= 15 is 0 Å². The Balaban J connectivity index is 1.21. The Hall–Kier alpha value is -3.53. The van der Waals surface area contributed by atoms with E-state index in [1.807, 2.05) is 68.5 Å². The average molecular weight is 632 g/mol. The molecule has 2 aromatic carbocycles. The quantitative estimate of drug-likeness (QED) is 0.256. The van der Waals surface area contributed by atoms with E-state index in [1.54, 1.807) is 6.92 Å². The van der Waals surface area contributed by atoms with Crippen molar-refractivity contribution in [2.24, 2.45) is 41.4 Å². The van der Waals surface area contributed by atoms with Crippen molar-refractivity contribution in [3.05, 3.63) is 71.8 Å². The Morgan fingerprint density at radius 3 is 2.61 bits per heavy atom. The molecule has 2 fully saturated rings. The van der Waals surface area contributed by atoms with Crippen molar-refractivity contribution >= 4 is 28.6 Å². The highest BCUT2D eigenvalue weighted by molar-refractivity contribution is 6.32. The van der Waals surface area contributed by atoms with E-state index in [-0.39, 0.29) is 36.6 Å². The van der Waals surface area contributed by atoms with Gasteiger partial charge in [0.2, 0.25) is 0 Å². The van der Waals surface area contributed by atoms with E-state index in [9.17, 15) is 24.6 Å². The molecule has 0 spiro atoms. The molecule has 2 aromatic rings. The molecule has 12 atom stereocenters. The molecular weight excluding hydrogens is 586 g/mol. The summed E-state index contributed by atoms with van der Waals surface area (Å²) in [4.78, 5) is 39.2. The molecule has 2 saturated carbocycles. The second kappa shape index (κ2) is 12.6. The molecule has 9 nitrogen and oxygen atoms in total.